The van der Waals surface area contributed by atoms with E-state index in [-0.39, 0.29) is 11.9 Å². The molecule has 1 aromatic heterocycles. The average Bonchev–Trinajstić information content (AvgIpc) is 3.14. The van der Waals surface area contributed by atoms with E-state index in [1.165, 1.54) is 18.4 Å². The molecule has 3 rings (SSSR count). The smallest absolute Gasteiger partial charge is 0.337 e. The Morgan fingerprint density at radius 2 is 2.09 bits per heavy atom. The summed E-state index contributed by atoms with van der Waals surface area (Å²) in [5, 5.41) is 5.64. The van der Waals surface area contributed by atoms with Gasteiger partial charge in [0.25, 0.3) is 5.91 Å². The number of thiophene rings is 1. The Balaban J connectivity index is 1.88. The number of carbonyl (C=O) groups excluding carboxylic acids is 2. The number of esters is 1. The van der Waals surface area contributed by atoms with Crippen LogP contribution in [0.5, 0.6) is 0 Å². The highest BCUT2D eigenvalue weighted by Gasteiger charge is 2.20. The second kappa shape index (κ2) is 6.31. The first-order valence-electron chi connectivity index (χ1n) is 6.69. The van der Waals surface area contributed by atoms with Gasteiger partial charge in [0.2, 0.25) is 0 Å². The highest BCUT2D eigenvalue weighted by molar-refractivity contribution is 7.80. The molecule has 1 fully saturated rings. The van der Waals surface area contributed by atoms with Gasteiger partial charge >= 0.3 is 5.97 Å². The van der Waals surface area contributed by atoms with Gasteiger partial charge in [-0.1, -0.05) is 12.1 Å². The maximum Gasteiger partial charge on any atom is 0.337 e. The second-order valence-electron chi connectivity index (χ2n) is 4.74. The lowest BCUT2D eigenvalue weighted by Crippen LogP contribution is -2.21. The maximum atomic E-state index is 11.6. The van der Waals surface area contributed by atoms with Crippen LogP contribution in [0.2, 0.25) is 0 Å². The summed E-state index contributed by atoms with van der Waals surface area (Å²) in [6.07, 6.45) is 1.74. The van der Waals surface area contributed by atoms with Crippen LogP contribution < -0.4 is 10.6 Å². The van der Waals surface area contributed by atoms with Crippen LogP contribution in [-0.2, 0) is 9.53 Å². The highest BCUT2D eigenvalue weighted by Crippen LogP contribution is 2.30. The van der Waals surface area contributed by atoms with Crippen molar-refractivity contribution in [2.75, 3.05) is 7.11 Å². The van der Waals surface area contributed by atoms with E-state index in [0.717, 1.165) is 15.3 Å². The third kappa shape index (κ3) is 3.30. The van der Waals surface area contributed by atoms with Gasteiger partial charge in [-0.3, -0.25) is 10.1 Å². The fourth-order valence-corrected chi connectivity index (χ4v) is 3.28. The second-order valence-corrected chi connectivity index (χ2v) is 6.26. The first kappa shape index (κ1) is 15.4. The van der Waals surface area contributed by atoms with E-state index in [4.69, 9.17) is 17.0 Å². The van der Waals surface area contributed by atoms with Crippen molar-refractivity contribution in [2.24, 2.45) is 0 Å². The number of methoxy groups -OCH3 is 1. The molecular formula is C16H12N2O3S2. The number of ether oxygens (including phenoxy) is 1. The third-order valence-corrected chi connectivity index (χ3v) is 4.49. The normalized spacial score (nSPS) is 15.4. The summed E-state index contributed by atoms with van der Waals surface area (Å²) >= 11 is 6.41. The molecule has 0 aliphatic carbocycles. The minimum absolute atomic E-state index is 0.238. The Hall–Kier alpha value is -2.51. The summed E-state index contributed by atoms with van der Waals surface area (Å²) in [7, 11) is 1.36. The van der Waals surface area contributed by atoms with Crippen LogP contribution in [-0.4, -0.2) is 24.1 Å². The molecule has 1 aromatic carbocycles. The molecule has 0 unspecified atom stereocenters. The maximum absolute atomic E-state index is 11.6. The Morgan fingerprint density at radius 3 is 2.78 bits per heavy atom. The van der Waals surface area contributed by atoms with Gasteiger partial charge in [-0.25, -0.2) is 4.79 Å². The molecule has 5 nitrogen and oxygen atoms in total. The molecule has 0 radical (unpaired) electrons. The number of hydrogen-bond donors (Lipinski definition) is 2. The summed E-state index contributed by atoms with van der Waals surface area (Å²) in [5.74, 6) is -0.608. The average molecular weight is 344 g/mol. The Morgan fingerprint density at radius 1 is 1.26 bits per heavy atom. The van der Waals surface area contributed by atoms with Gasteiger partial charge in [-0.05, 0) is 48.1 Å². The van der Waals surface area contributed by atoms with Crippen molar-refractivity contribution in [3.05, 3.63) is 52.5 Å². The lowest BCUT2D eigenvalue weighted by molar-refractivity contribution is -0.115. The highest BCUT2D eigenvalue weighted by atomic mass is 32.1. The molecule has 0 atom stereocenters. The monoisotopic (exact) mass is 344 g/mol. The van der Waals surface area contributed by atoms with Crippen molar-refractivity contribution in [2.45, 2.75) is 0 Å². The van der Waals surface area contributed by atoms with E-state index >= 15 is 0 Å². The van der Waals surface area contributed by atoms with Gasteiger partial charge in [0, 0.05) is 9.75 Å². The SMILES string of the molecule is COC(=O)c1cccc(-c2ccc(C=C3NC(=S)NC3=O)s2)c1. The Labute approximate surface area is 142 Å². The number of benzene rings is 1. The van der Waals surface area contributed by atoms with E-state index in [1.54, 1.807) is 18.2 Å². The van der Waals surface area contributed by atoms with Gasteiger partial charge in [-0.15, -0.1) is 11.3 Å². The Bertz CT molecular complexity index is 839. The first-order chi connectivity index (χ1) is 11.1. The summed E-state index contributed by atoms with van der Waals surface area (Å²) in [5.41, 5.74) is 1.84. The van der Waals surface area contributed by atoms with Crippen LogP contribution in [0.25, 0.3) is 16.5 Å². The van der Waals surface area contributed by atoms with Gasteiger partial charge < -0.3 is 10.1 Å². The fourth-order valence-electron chi connectivity index (χ4n) is 2.13. The number of hydrogen-bond acceptors (Lipinski definition) is 5. The summed E-state index contributed by atoms with van der Waals surface area (Å²) in [6, 6.07) is 11.1. The van der Waals surface area contributed by atoms with Crippen LogP contribution >= 0.6 is 23.6 Å². The van der Waals surface area contributed by atoms with Crippen LogP contribution in [0.1, 0.15) is 15.2 Å². The molecule has 0 spiro atoms. The van der Waals surface area contributed by atoms with Crippen molar-refractivity contribution in [3.63, 3.8) is 0 Å². The first-order valence-corrected chi connectivity index (χ1v) is 7.92. The zero-order valence-corrected chi connectivity index (χ0v) is 13.7. The van der Waals surface area contributed by atoms with Crippen molar-refractivity contribution in [3.8, 4) is 10.4 Å². The number of rotatable bonds is 3. The van der Waals surface area contributed by atoms with Crippen molar-refractivity contribution >= 4 is 46.6 Å². The molecule has 0 bridgehead atoms. The number of thiocarbonyl (C=S) groups is 1. The molecule has 0 saturated carbocycles. The molecule has 7 heteroatoms. The number of amides is 1. The van der Waals surface area contributed by atoms with E-state index in [0.29, 0.717) is 16.4 Å². The minimum Gasteiger partial charge on any atom is -0.465 e. The molecular weight excluding hydrogens is 332 g/mol. The molecule has 116 valence electrons. The molecule has 1 saturated heterocycles. The van der Waals surface area contributed by atoms with Crippen LogP contribution in [0, 0.1) is 0 Å². The zero-order valence-electron chi connectivity index (χ0n) is 12.1. The lowest BCUT2D eigenvalue weighted by Gasteiger charge is -2.01. The van der Waals surface area contributed by atoms with Gasteiger partial charge in [-0.2, -0.15) is 0 Å². The topological polar surface area (TPSA) is 67.4 Å². The minimum atomic E-state index is -0.369. The molecule has 1 aliphatic rings. The van der Waals surface area contributed by atoms with E-state index in [1.807, 2.05) is 24.3 Å². The zero-order chi connectivity index (χ0) is 16.4. The van der Waals surface area contributed by atoms with Crippen LogP contribution in [0.3, 0.4) is 0 Å². The molecule has 1 amide bonds. The molecule has 2 heterocycles. The number of carbonyl (C=O) groups is 2. The van der Waals surface area contributed by atoms with Gasteiger partial charge in [0.1, 0.15) is 5.70 Å². The fraction of sp³-hybridized carbons (Fsp3) is 0.0625. The standard InChI is InChI=1S/C16H12N2O3S2/c1-21-15(20)10-4-2-3-9(7-10)13-6-5-11(23-13)8-12-14(19)18-16(22)17-12/h2-8H,1H3,(H2,17,18,19,22). The molecule has 2 N–H and O–H groups in total. The lowest BCUT2D eigenvalue weighted by atomic mass is 10.1. The van der Waals surface area contributed by atoms with Gasteiger partial charge in [0.05, 0.1) is 12.7 Å². The number of nitrogens with one attached hydrogen (secondary N) is 2. The van der Waals surface area contributed by atoms with Crippen LogP contribution in [0.15, 0.2) is 42.1 Å². The largest absolute Gasteiger partial charge is 0.465 e. The van der Waals surface area contributed by atoms with E-state index in [9.17, 15) is 9.59 Å². The quantitative estimate of drug-likeness (QED) is 0.509. The van der Waals surface area contributed by atoms with E-state index < -0.39 is 0 Å². The van der Waals surface area contributed by atoms with Crippen LogP contribution in [0.4, 0.5) is 0 Å². The third-order valence-electron chi connectivity index (χ3n) is 3.20. The molecule has 1 aliphatic heterocycles. The predicted octanol–water partition coefficient (Wildman–Crippen LogP) is 2.55. The predicted molar refractivity (Wildman–Crippen MR) is 92.9 cm³/mol. The molecule has 23 heavy (non-hydrogen) atoms. The Kier molecular flexibility index (Phi) is 4.22. The van der Waals surface area contributed by atoms with Crippen molar-refractivity contribution in [1.29, 1.82) is 0 Å². The van der Waals surface area contributed by atoms with Crippen molar-refractivity contribution < 1.29 is 14.3 Å². The molecule has 2 aromatic rings. The summed E-state index contributed by atoms with van der Waals surface area (Å²) in [6.45, 7) is 0. The van der Waals surface area contributed by atoms with E-state index in [2.05, 4.69) is 10.6 Å². The van der Waals surface area contributed by atoms with Crippen molar-refractivity contribution in [1.82, 2.24) is 10.6 Å². The summed E-state index contributed by atoms with van der Waals surface area (Å²) in [4.78, 5) is 25.1. The van der Waals surface area contributed by atoms with Gasteiger partial charge in [0.15, 0.2) is 5.11 Å². The summed E-state index contributed by atoms with van der Waals surface area (Å²) < 4.78 is 4.73.